The van der Waals surface area contributed by atoms with Crippen LogP contribution in [0.2, 0.25) is 0 Å². The SMILES string of the molecule is CCC(C)C(=O)N[C@H](CO)c1ccccc1. The van der Waals surface area contributed by atoms with Gasteiger partial charge in [-0.1, -0.05) is 44.2 Å². The van der Waals surface area contributed by atoms with Crippen LogP contribution in [0.15, 0.2) is 30.3 Å². The molecule has 0 aromatic heterocycles. The lowest BCUT2D eigenvalue weighted by molar-refractivity contribution is -0.125. The Balaban J connectivity index is 2.66. The summed E-state index contributed by atoms with van der Waals surface area (Å²) in [5, 5.41) is 12.1. The third-order valence-corrected chi connectivity index (χ3v) is 2.76. The molecule has 0 aliphatic carbocycles. The van der Waals surface area contributed by atoms with E-state index in [4.69, 9.17) is 0 Å². The van der Waals surface area contributed by atoms with Gasteiger partial charge >= 0.3 is 0 Å². The third-order valence-electron chi connectivity index (χ3n) is 2.76. The number of nitrogens with one attached hydrogen (secondary N) is 1. The van der Waals surface area contributed by atoms with Crippen molar-refractivity contribution in [2.45, 2.75) is 26.3 Å². The van der Waals surface area contributed by atoms with Crippen LogP contribution in [0, 0.1) is 5.92 Å². The van der Waals surface area contributed by atoms with E-state index in [2.05, 4.69) is 5.32 Å². The molecule has 1 aromatic rings. The van der Waals surface area contributed by atoms with Crippen LogP contribution in [-0.2, 0) is 4.79 Å². The molecular formula is C13H19NO2. The fraction of sp³-hybridized carbons (Fsp3) is 0.462. The molecule has 88 valence electrons. The standard InChI is InChI=1S/C13H19NO2/c1-3-10(2)13(16)14-12(9-15)11-7-5-4-6-8-11/h4-8,10,12,15H,3,9H2,1-2H3,(H,14,16)/t10?,12-/m1/s1. The summed E-state index contributed by atoms with van der Waals surface area (Å²) >= 11 is 0. The summed E-state index contributed by atoms with van der Waals surface area (Å²) in [6.45, 7) is 3.78. The third kappa shape index (κ3) is 3.35. The minimum absolute atomic E-state index is 0.00889. The second-order valence-electron chi connectivity index (χ2n) is 3.96. The molecule has 3 nitrogen and oxygen atoms in total. The Hall–Kier alpha value is -1.35. The van der Waals surface area contributed by atoms with Crippen molar-refractivity contribution in [1.29, 1.82) is 0 Å². The molecule has 3 heteroatoms. The zero-order valence-electron chi connectivity index (χ0n) is 9.81. The normalized spacial score (nSPS) is 14.2. The van der Waals surface area contributed by atoms with Gasteiger partial charge in [-0.25, -0.2) is 0 Å². The van der Waals surface area contributed by atoms with Crippen LogP contribution >= 0.6 is 0 Å². The molecule has 2 atom stereocenters. The van der Waals surface area contributed by atoms with E-state index in [-0.39, 0.29) is 24.5 Å². The van der Waals surface area contributed by atoms with Crippen molar-refractivity contribution < 1.29 is 9.90 Å². The van der Waals surface area contributed by atoms with Crippen molar-refractivity contribution in [3.05, 3.63) is 35.9 Å². The van der Waals surface area contributed by atoms with Gasteiger partial charge in [-0.15, -0.1) is 0 Å². The van der Waals surface area contributed by atoms with Gasteiger partial charge in [0.2, 0.25) is 5.91 Å². The highest BCUT2D eigenvalue weighted by Crippen LogP contribution is 2.13. The first-order valence-corrected chi connectivity index (χ1v) is 5.65. The molecule has 0 bridgehead atoms. The number of benzene rings is 1. The molecule has 0 aliphatic heterocycles. The van der Waals surface area contributed by atoms with E-state index in [0.717, 1.165) is 12.0 Å². The number of hydrogen-bond acceptors (Lipinski definition) is 2. The van der Waals surface area contributed by atoms with Crippen LogP contribution in [-0.4, -0.2) is 17.6 Å². The van der Waals surface area contributed by atoms with E-state index < -0.39 is 0 Å². The molecule has 0 heterocycles. The maximum atomic E-state index is 11.7. The van der Waals surface area contributed by atoms with Gasteiger partial charge in [0.15, 0.2) is 0 Å². The monoisotopic (exact) mass is 221 g/mol. The van der Waals surface area contributed by atoms with E-state index in [1.54, 1.807) is 0 Å². The molecule has 2 N–H and O–H groups in total. The second kappa shape index (κ2) is 6.28. The molecule has 1 rings (SSSR count). The second-order valence-corrected chi connectivity index (χ2v) is 3.96. The first-order chi connectivity index (χ1) is 7.69. The minimum Gasteiger partial charge on any atom is -0.394 e. The number of amides is 1. The maximum absolute atomic E-state index is 11.7. The van der Waals surface area contributed by atoms with E-state index in [1.807, 2.05) is 44.2 Å². The van der Waals surface area contributed by atoms with E-state index in [0.29, 0.717) is 0 Å². The topological polar surface area (TPSA) is 49.3 Å². The number of carbonyl (C=O) groups excluding carboxylic acids is 1. The maximum Gasteiger partial charge on any atom is 0.223 e. The van der Waals surface area contributed by atoms with Gasteiger partial charge in [0.05, 0.1) is 12.6 Å². The highest BCUT2D eigenvalue weighted by Gasteiger charge is 2.16. The fourth-order valence-electron chi connectivity index (χ4n) is 1.42. The average molecular weight is 221 g/mol. The van der Waals surface area contributed by atoms with Crippen LogP contribution < -0.4 is 5.32 Å². The van der Waals surface area contributed by atoms with Gasteiger partial charge in [-0.3, -0.25) is 4.79 Å². The van der Waals surface area contributed by atoms with Crippen LogP contribution in [0.4, 0.5) is 0 Å². The Morgan fingerprint density at radius 2 is 2.00 bits per heavy atom. The fourth-order valence-corrected chi connectivity index (χ4v) is 1.42. The molecule has 0 radical (unpaired) electrons. The highest BCUT2D eigenvalue weighted by molar-refractivity contribution is 5.78. The molecule has 1 aromatic carbocycles. The molecule has 0 spiro atoms. The predicted molar refractivity (Wildman–Crippen MR) is 63.9 cm³/mol. The summed E-state index contributed by atoms with van der Waals surface area (Å²) in [4.78, 5) is 11.7. The van der Waals surface area contributed by atoms with E-state index in [9.17, 15) is 9.90 Å². The Kier molecular flexibility index (Phi) is 4.99. The number of rotatable bonds is 5. The van der Waals surface area contributed by atoms with Gasteiger partial charge in [-0.2, -0.15) is 0 Å². The molecule has 1 unspecified atom stereocenters. The number of aliphatic hydroxyl groups excluding tert-OH is 1. The summed E-state index contributed by atoms with van der Waals surface area (Å²) < 4.78 is 0. The largest absolute Gasteiger partial charge is 0.394 e. The molecule has 1 amide bonds. The predicted octanol–water partition coefficient (Wildman–Crippen LogP) is 1.88. The molecule has 0 aliphatic rings. The van der Waals surface area contributed by atoms with Crippen LogP contribution in [0.5, 0.6) is 0 Å². The first kappa shape index (κ1) is 12.7. The van der Waals surface area contributed by atoms with Gasteiger partial charge in [0, 0.05) is 5.92 Å². The van der Waals surface area contributed by atoms with Crippen LogP contribution in [0.3, 0.4) is 0 Å². The zero-order valence-corrected chi connectivity index (χ0v) is 9.81. The number of aliphatic hydroxyl groups is 1. The average Bonchev–Trinajstić information content (AvgIpc) is 2.35. The lowest BCUT2D eigenvalue weighted by atomic mass is 10.0. The van der Waals surface area contributed by atoms with Gasteiger partial charge in [0.1, 0.15) is 0 Å². The van der Waals surface area contributed by atoms with Crippen molar-refractivity contribution in [3.63, 3.8) is 0 Å². The van der Waals surface area contributed by atoms with Crippen molar-refractivity contribution in [2.75, 3.05) is 6.61 Å². The van der Waals surface area contributed by atoms with Crippen molar-refractivity contribution in [3.8, 4) is 0 Å². The molecule has 0 saturated carbocycles. The summed E-state index contributed by atoms with van der Waals surface area (Å²) in [6, 6.07) is 9.20. The van der Waals surface area contributed by atoms with Gasteiger partial charge in [-0.05, 0) is 12.0 Å². The summed E-state index contributed by atoms with van der Waals surface area (Å²) in [5.41, 5.74) is 0.932. The quantitative estimate of drug-likeness (QED) is 0.797. The molecular weight excluding hydrogens is 202 g/mol. The Morgan fingerprint density at radius 3 is 2.50 bits per heavy atom. The smallest absolute Gasteiger partial charge is 0.223 e. The van der Waals surface area contributed by atoms with Crippen molar-refractivity contribution in [1.82, 2.24) is 5.32 Å². The van der Waals surface area contributed by atoms with Crippen molar-refractivity contribution in [2.24, 2.45) is 5.92 Å². The van der Waals surface area contributed by atoms with Gasteiger partial charge < -0.3 is 10.4 Å². The van der Waals surface area contributed by atoms with Crippen LogP contribution in [0.1, 0.15) is 31.9 Å². The van der Waals surface area contributed by atoms with E-state index >= 15 is 0 Å². The lowest BCUT2D eigenvalue weighted by Crippen LogP contribution is -2.34. The Bertz CT molecular complexity index is 324. The lowest BCUT2D eigenvalue weighted by Gasteiger charge is -2.19. The Morgan fingerprint density at radius 1 is 1.38 bits per heavy atom. The zero-order chi connectivity index (χ0) is 12.0. The molecule has 0 saturated heterocycles. The molecule has 0 fully saturated rings. The first-order valence-electron chi connectivity index (χ1n) is 5.65. The van der Waals surface area contributed by atoms with E-state index in [1.165, 1.54) is 0 Å². The summed E-state index contributed by atoms with van der Waals surface area (Å²) in [5.74, 6) is -0.0248. The summed E-state index contributed by atoms with van der Waals surface area (Å²) in [7, 11) is 0. The number of hydrogen-bond donors (Lipinski definition) is 2. The Labute approximate surface area is 96.5 Å². The highest BCUT2D eigenvalue weighted by atomic mass is 16.3. The molecule has 16 heavy (non-hydrogen) atoms. The van der Waals surface area contributed by atoms with Crippen molar-refractivity contribution >= 4 is 5.91 Å². The minimum atomic E-state index is -0.303. The van der Waals surface area contributed by atoms with Crippen LogP contribution in [0.25, 0.3) is 0 Å². The van der Waals surface area contributed by atoms with Gasteiger partial charge in [0.25, 0.3) is 0 Å². The number of carbonyl (C=O) groups is 1. The summed E-state index contributed by atoms with van der Waals surface area (Å²) in [6.07, 6.45) is 0.804.